The van der Waals surface area contributed by atoms with Crippen LogP contribution in [0.3, 0.4) is 0 Å². The molecule has 1 amide bonds. The number of benzene rings is 1. The molecular formula is C16H22N4O. The molecule has 1 aromatic rings. The maximum Gasteiger partial charge on any atom is 0.267 e. The molecule has 0 unspecified atom stereocenters. The first-order valence-electron chi connectivity index (χ1n) is 7.50. The van der Waals surface area contributed by atoms with E-state index in [0.717, 1.165) is 38.3 Å². The lowest BCUT2D eigenvalue weighted by Crippen LogP contribution is -2.45. The van der Waals surface area contributed by atoms with Gasteiger partial charge < -0.3 is 20.4 Å². The van der Waals surface area contributed by atoms with Gasteiger partial charge in [0.25, 0.3) is 5.91 Å². The summed E-state index contributed by atoms with van der Waals surface area (Å²) in [5, 5.41) is 6.04. The molecule has 2 fully saturated rings. The first-order chi connectivity index (χ1) is 10.2. The Bertz CT molecular complexity index is 547. The highest BCUT2D eigenvalue weighted by atomic mass is 16.2. The fourth-order valence-corrected chi connectivity index (χ4v) is 2.77. The number of hydrogen-bond donors (Lipinski definition) is 2. The van der Waals surface area contributed by atoms with Crippen molar-refractivity contribution >= 4 is 17.7 Å². The third-order valence-corrected chi connectivity index (χ3v) is 4.05. The first kappa shape index (κ1) is 13.9. The molecule has 2 aliphatic rings. The van der Waals surface area contributed by atoms with Gasteiger partial charge in [0.15, 0.2) is 0 Å². The molecule has 0 aliphatic carbocycles. The SMILES string of the molecule is CN1CCN(c2ccccc2C=C2NCCNC2=O)CC1. The fourth-order valence-electron chi connectivity index (χ4n) is 2.77. The highest BCUT2D eigenvalue weighted by Gasteiger charge is 2.18. The van der Waals surface area contributed by atoms with E-state index >= 15 is 0 Å². The second kappa shape index (κ2) is 6.18. The van der Waals surface area contributed by atoms with Crippen LogP contribution in [0.4, 0.5) is 5.69 Å². The van der Waals surface area contributed by atoms with Crippen LogP contribution >= 0.6 is 0 Å². The Labute approximate surface area is 125 Å². The van der Waals surface area contributed by atoms with E-state index < -0.39 is 0 Å². The van der Waals surface area contributed by atoms with Crippen molar-refractivity contribution in [2.45, 2.75) is 0 Å². The molecule has 21 heavy (non-hydrogen) atoms. The number of hydrogen-bond acceptors (Lipinski definition) is 4. The summed E-state index contributed by atoms with van der Waals surface area (Å²) in [5.41, 5.74) is 2.96. The van der Waals surface area contributed by atoms with Gasteiger partial charge in [-0.25, -0.2) is 0 Å². The maximum atomic E-state index is 11.9. The minimum absolute atomic E-state index is 0.0190. The molecule has 2 heterocycles. The van der Waals surface area contributed by atoms with Crippen LogP contribution in [0.5, 0.6) is 0 Å². The molecule has 5 nitrogen and oxygen atoms in total. The van der Waals surface area contributed by atoms with Gasteiger partial charge in [-0.15, -0.1) is 0 Å². The van der Waals surface area contributed by atoms with Crippen molar-refractivity contribution in [1.29, 1.82) is 0 Å². The summed E-state index contributed by atoms with van der Waals surface area (Å²) in [7, 11) is 2.15. The Balaban J connectivity index is 1.85. The minimum Gasteiger partial charge on any atom is -0.379 e. The van der Waals surface area contributed by atoms with Crippen LogP contribution in [0.25, 0.3) is 6.08 Å². The van der Waals surface area contributed by atoms with Crippen LogP contribution in [0.15, 0.2) is 30.0 Å². The van der Waals surface area contributed by atoms with Gasteiger partial charge in [-0.2, -0.15) is 0 Å². The quantitative estimate of drug-likeness (QED) is 0.777. The molecule has 1 aromatic carbocycles. The number of rotatable bonds is 2. The van der Waals surface area contributed by atoms with Gasteiger partial charge in [0.2, 0.25) is 0 Å². The Morgan fingerprint density at radius 3 is 2.52 bits per heavy atom. The molecule has 3 rings (SSSR count). The Morgan fingerprint density at radius 1 is 1.05 bits per heavy atom. The average Bonchev–Trinajstić information content (AvgIpc) is 2.51. The number of carbonyl (C=O) groups excluding carboxylic acids is 1. The van der Waals surface area contributed by atoms with Crippen molar-refractivity contribution in [3.63, 3.8) is 0 Å². The molecule has 5 heteroatoms. The van der Waals surface area contributed by atoms with Crippen molar-refractivity contribution in [3.05, 3.63) is 35.5 Å². The van der Waals surface area contributed by atoms with E-state index in [0.29, 0.717) is 12.2 Å². The molecule has 0 atom stereocenters. The van der Waals surface area contributed by atoms with Gasteiger partial charge in [0.1, 0.15) is 5.70 Å². The zero-order valence-electron chi connectivity index (χ0n) is 12.4. The number of anilines is 1. The molecule has 2 aliphatic heterocycles. The van der Waals surface area contributed by atoms with Gasteiger partial charge >= 0.3 is 0 Å². The largest absolute Gasteiger partial charge is 0.379 e. The van der Waals surface area contributed by atoms with E-state index in [1.54, 1.807) is 0 Å². The third kappa shape index (κ3) is 3.19. The zero-order valence-corrected chi connectivity index (χ0v) is 12.4. The lowest BCUT2D eigenvalue weighted by atomic mass is 10.1. The molecule has 0 radical (unpaired) electrons. The van der Waals surface area contributed by atoms with Crippen LogP contribution in [0, 0.1) is 0 Å². The number of nitrogens with one attached hydrogen (secondary N) is 2. The van der Waals surface area contributed by atoms with Gasteiger partial charge in [-0.3, -0.25) is 4.79 Å². The van der Waals surface area contributed by atoms with Crippen molar-refractivity contribution < 1.29 is 4.79 Å². The Hall–Kier alpha value is -2.01. The van der Waals surface area contributed by atoms with E-state index in [1.165, 1.54) is 5.69 Å². The molecule has 2 N–H and O–H groups in total. The van der Waals surface area contributed by atoms with Gasteiger partial charge in [-0.05, 0) is 19.2 Å². The van der Waals surface area contributed by atoms with E-state index in [2.05, 4.69) is 45.7 Å². The van der Waals surface area contributed by atoms with Crippen LogP contribution in [0.1, 0.15) is 5.56 Å². The number of para-hydroxylation sites is 1. The number of likely N-dealkylation sites (N-methyl/N-ethyl adjacent to an activating group) is 1. The molecule has 0 spiro atoms. The summed E-state index contributed by atoms with van der Waals surface area (Å²) in [4.78, 5) is 16.6. The Morgan fingerprint density at radius 2 is 1.76 bits per heavy atom. The average molecular weight is 286 g/mol. The molecular weight excluding hydrogens is 264 g/mol. The number of nitrogens with zero attached hydrogens (tertiary/aromatic N) is 2. The normalized spacial score (nSPS) is 22.0. The van der Waals surface area contributed by atoms with E-state index in [9.17, 15) is 4.79 Å². The van der Waals surface area contributed by atoms with E-state index in [1.807, 2.05) is 12.1 Å². The van der Waals surface area contributed by atoms with Crippen molar-refractivity contribution in [3.8, 4) is 0 Å². The number of piperazine rings is 2. The minimum atomic E-state index is -0.0190. The topological polar surface area (TPSA) is 47.6 Å². The predicted molar refractivity (Wildman–Crippen MR) is 85.1 cm³/mol. The van der Waals surface area contributed by atoms with Crippen molar-refractivity contribution in [2.24, 2.45) is 0 Å². The molecule has 0 saturated carbocycles. The molecule has 112 valence electrons. The second-order valence-corrected chi connectivity index (χ2v) is 5.59. The van der Waals surface area contributed by atoms with Crippen LogP contribution in [-0.4, -0.2) is 57.1 Å². The van der Waals surface area contributed by atoms with Crippen molar-refractivity contribution in [2.75, 3.05) is 51.2 Å². The van der Waals surface area contributed by atoms with E-state index in [4.69, 9.17) is 0 Å². The third-order valence-electron chi connectivity index (χ3n) is 4.05. The summed E-state index contributed by atoms with van der Waals surface area (Å²) in [6.07, 6.45) is 1.96. The first-order valence-corrected chi connectivity index (χ1v) is 7.50. The summed E-state index contributed by atoms with van der Waals surface area (Å²) in [5.74, 6) is -0.0190. The smallest absolute Gasteiger partial charge is 0.267 e. The lowest BCUT2D eigenvalue weighted by Gasteiger charge is -2.35. The summed E-state index contributed by atoms with van der Waals surface area (Å²) in [6.45, 7) is 5.67. The second-order valence-electron chi connectivity index (χ2n) is 5.59. The summed E-state index contributed by atoms with van der Waals surface area (Å²) < 4.78 is 0. The molecule has 0 bridgehead atoms. The van der Waals surface area contributed by atoms with Crippen LogP contribution in [0.2, 0.25) is 0 Å². The van der Waals surface area contributed by atoms with Gasteiger partial charge in [-0.1, -0.05) is 18.2 Å². The zero-order chi connectivity index (χ0) is 14.7. The number of amides is 1. The monoisotopic (exact) mass is 286 g/mol. The lowest BCUT2D eigenvalue weighted by molar-refractivity contribution is -0.118. The summed E-state index contributed by atoms with van der Waals surface area (Å²) in [6, 6.07) is 8.29. The van der Waals surface area contributed by atoms with Gasteiger partial charge in [0, 0.05) is 50.5 Å². The predicted octanol–water partition coefficient (Wildman–Crippen LogP) is 0.499. The van der Waals surface area contributed by atoms with E-state index in [-0.39, 0.29) is 5.91 Å². The van der Waals surface area contributed by atoms with Crippen molar-refractivity contribution in [1.82, 2.24) is 15.5 Å². The Kier molecular flexibility index (Phi) is 4.10. The fraction of sp³-hybridized carbons (Fsp3) is 0.438. The van der Waals surface area contributed by atoms with Crippen LogP contribution < -0.4 is 15.5 Å². The number of carbonyl (C=O) groups is 1. The van der Waals surface area contributed by atoms with Gasteiger partial charge in [0.05, 0.1) is 0 Å². The van der Waals surface area contributed by atoms with Crippen LogP contribution in [-0.2, 0) is 4.79 Å². The maximum absolute atomic E-state index is 11.9. The molecule has 0 aromatic heterocycles. The highest BCUT2D eigenvalue weighted by Crippen LogP contribution is 2.24. The summed E-state index contributed by atoms with van der Waals surface area (Å²) >= 11 is 0. The molecule has 2 saturated heterocycles. The standard InChI is InChI=1S/C16H22N4O/c1-19-8-10-20(11-9-19)15-5-3-2-4-13(15)12-14-16(21)18-7-6-17-14/h2-5,12,17H,6-11H2,1H3,(H,18,21). The highest BCUT2D eigenvalue weighted by molar-refractivity contribution is 5.98.